The minimum atomic E-state index is 0.0293. The Morgan fingerprint density at radius 1 is 1.50 bits per heavy atom. The second-order valence-corrected chi connectivity index (χ2v) is 5.45. The van der Waals surface area contributed by atoms with E-state index in [9.17, 15) is 4.79 Å². The first-order valence-electron chi connectivity index (χ1n) is 6.72. The fourth-order valence-corrected chi connectivity index (χ4v) is 2.60. The van der Waals surface area contributed by atoms with Gasteiger partial charge < -0.3 is 15.2 Å². The second-order valence-electron chi connectivity index (χ2n) is 5.45. The van der Waals surface area contributed by atoms with E-state index >= 15 is 0 Å². The van der Waals surface area contributed by atoms with Crippen molar-refractivity contribution in [3.63, 3.8) is 0 Å². The van der Waals surface area contributed by atoms with E-state index in [4.69, 9.17) is 5.73 Å². The summed E-state index contributed by atoms with van der Waals surface area (Å²) in [4.78, 5) is 18.6. The molecule has 1 aromatic heterocycles. The first kappa shape index (κ1) is 11.7. The summed E-state index contributed by atoms with van der Waals surface area (Å²) >= 11 is 0. The topological polar surface area (TPSA) is 64.2 Å². The quantitative estimate of drug-likeness (QED) is 0.835. The molecular weight excluding hydrogens is 228 g/mol. The molecule has 2 aliphatic rings. The van der Waals surface area contributed by atoms with Crippen LogP contribution >= 0.6 is 0 Å². The molecule has 2 fully saturated rings. The number of hydrogen-bond acceptors (Lipinski definition) is 4. The summed E-state index contributed by atoms with van der Waals surface area (Å²) in [6, 6.07) is 0.644. The predicted octanol–water partition coefficient (Wildman–Crippen LogP) is 0.752. The van der Waals surface area contributed by atoms with Gasteiger partial charge in [0.05, 0.1) is 0 Å². The van der Waals surface area contributed by atoms with E-state index in [0.29, 0.717) is 24.3 Å². The van der Waals surface area contributed by atoms with Crippen molar-refractivity contribution in [2.45, 2.75) is 37.8 Å². The molecule has 0 bridgehead atoms. The molecule has 98 valence electrons. The van der Waals surface area contributed by atoms with Gasteiger partial charge in [-0.3, -0.25) is 4.79 Å². The van der Waals surface area contributed by atoms with Crippen LogP contribution in [0.4, 0.5) is 5.82 Å². The van der Waals surface area contributed by atoms with Gasteiger partial charge in [0.15, 0.2) is 5.82 Å². The third kappa shape index (κ3) is 2.03. The molecule has 0 spiro atoms. The number of rotatable bonds is 5. The largest absolute Gasteiger partial charge is 0.351 e. The van der Waals surface area contributed by atoms with Crippen LogP contribution in [0.2, 0.25) is 0 Å². The van der Waals surface area contributed by atoms with E-state index in [1.165, 1.54) is 12.8 Å². The Kier molecular flexibility index (Phi) is 2.86. The lowest BCUT2D eigenvalue weighted by Gasteiger charge is -2.27. The van der Waals surface area contributed by atoms with Gasteiger partial charge in [-0.05, 0) is 31.6 Å². The van der Waals surface area contributed by atoms with Crippen LogP contribution in [0.25, 0.3) is 0 Å². The van der Waals surface area contributed by atoms with Crippen molar-refractivity contribution in [3.8, 4) is 0 Å². The Morgan fingerprint density at radius 2 is 2.22 bits per heavy atom. The summed E-state index contributed by atoms with van der Waals surface area (Å²) in [5.41, 5.74) is 5.86. The molecule has 1 aromatic rings. The number of nitrogens with two attached hydrogens (primary N) is 1. The summed E-state index contributed by atoms with van der Waals surface area (Å²) in [7, 11) is 1.94. The summed E-state index contributed by atoms with van der Waals surface area (Å²) < 4.78 is 1.82. The number of nitrogens with zero attached hydrogens (tertiary/aromatic N) is 3. The van der Waals surface area contributed by atoms with Gasteiger partial charge in [0.1, 0.15) is 0 Å². The maximum Gasteiger partial charge on any atom is 0.293 e. The first-order chi connectivity index (χ1) is 8.72. The predicted molar refractivity (Wildman–Crippen MR) is 70.7 cm³/mol. The lowest BCUT2D eigenvalue weighted by molar-refractivity contribution is 0.559. The molecule has 3 rings (SSSR count). The van der Waals surface area contributed by atoms with Gasteiger partial charge >= 0.3 is 0 Å². The third-order valence-electron chi connectivity index (χ3n) is 4.03. The van der Waals surface area contributed by atoms with Crippen LogP contribution in [-0.2, 0) is 0 Å². The van der Waals surface area contributed by atoms with Crippen molar-refractivity contribution in [2.75, 3.05) is 18.5 Å². The minimum absolute atomic E-state index is 0.0293. The molecule has 1 unspecified atom stereocenters. The molecule has 2 N–H and O–H groups in total. The standard InChI is InChI=1S/C13H20N4O/c1-16(11(8-14)9-2-3-9)12-13(18)17(7-6-15-12)10-4-5-10/h6-7,9-11H,2-5,8,14H2,1H3. The van der Waals surface area contributed by atoms with Crippen LogP contribution in [-0.4, -0.2) is 29.2 Å². The SMILES string of the molecule is CN(c1nccn(C2CC2)c1=O)C(CN)C1CC1. The molecule has 5 nitrogen and oxygen atoms in total. The van der Waals surface area contributed by atoms with Gasteiger partial charge in [0.2, 0.25) is 0 Å². The summed E-state index contributed by atoms with van der Waals surface area (Å²) in [5, 5.41) is 0. The van der Waals surface area contributed by atoms with Gasteiger partial charge in [0, 0.05) is 38.1 Å². The Labute approximate surface area is 107 Å². The molecule has 2 saturated carbocycles. The molecule has 1 heterocycles. The molecule has 0 amide bonds. The normalized spacial score (nSPS) is 20.8. The van der Waals surface area contributed by atoms with E-state index in [-0.39, 0.29) is 11.6 Å². The monoisotopic (exact) mass is 248 g/mol. The highest BCUT2D eigenvalue weighted by Gasteiger charge is 2.35. The van der Waals surface area contributed by atoms with Gasteiger partial charge in [-0.1, -0.05) is 0 Å². The van der Waals surface area contributed by atoms with Crippen molar-refractivity contribution in [2.24, 2.45) is 11.7 Å². The maximum absolute atomic E-state index is 12.4. The molecule has 2 aliphatic carbocycles. The second kappa shape index (κ2) is 4.39. The fraction of sp³-hybridized carbons (Fsp3) is 0.692. The van der Waals surface area contributed by atoms with Crippen LogP contribution < -0.4 is 16.2 Å². The molecule has 0 aliphatic heterocycles. The van der Waals surface area contributed by atoms with Crippen LogP contribution in [0.15, 0.2) is 17.2 Å². The van der Waals surface area contributed by atoms with Crippen molar-refractivity contribution < 1.29 is 0 Å². The number of anilines is 1. The van der Waals surface area contributed by atoms with Crippen molar-refractivity contribution >= 4 is 5.82 Å². The zero-order valence-corrected chi connectivity index (χ0v) is 10.7. The fourth-order valence-electron chi connectivity index (χ4n) is 2.60. The molecule has 0 radical (unpaired) electrons. The Hall–Kier alpha value is -1.36. The maximum atomic E-state index is 12.4. The molecule has 1 atom stereocenters. The lowest BCUT2D eigenvalue weighted by atomic mass is 10.1. The Balaban J connectivity index is 1.90. The van der Waals surface area contributed by atoms with E-state index < -0.39 is 0 Å². The summed E-state index contributed by atoms with van der Waals surface area (Å²) in [6.45, 7) is 0.584. The zero-order valence-electron chi connectivity index (χ0n) is 10.7. The van der Waals surface area contributed by atoms with Crippen molar-refractivity contribution in [1.82, 2.24) is 9.55 Å². The molecule has 0 saturated heterocycles. The third-order valence-corrected chi connectivity index (χ3v) is 4.03. The average Bonchev–Trinajstić information content (AvgIpc) is 3.23. The van der Waals surface area contributed by atoms with Gasteiger partial charge in [-0.15, -0.1) is 0 Å². The Bertz CT molecular complexity index is 490. The van der Waals surface area contributed by atoms with Gasteiger partial charge in [-0.25, -0.2) is 4.98 Å². The van der Waals surface area contributed by atoms with Crippen molar-refractivity contribution in [1.29, 1.82) is 0 Å². The van der Waals surface area contributed by atoms with Crippen LogP contribution in [0, 0.1) is 5.92 Å². The first-order valence-corrected chi connectivity index (χ1v) is 6.72. The highest BCUT2D eigenvalue weighted by atomic mass is 16.1. The van der Waals surface area contributed by atoms with Crippen LogP contribution in [0.3, 0.4) is 0 Å². The van der Waals surface area contributed by atoms with Gasteiger partial charge in [0.25, 0.3) is 5.56 Å². The lowest BCUT2D eigenvalue weighted by Crippen LogP contribution is -2.43. The minimum Gasteiger partial charge on any atom is -0.351 e. The molecular formula is C13H20N4O. The smallest absolute Gasteiger partial charge is 0.293 e. The van der Waals surface area contributed by atoms with E-state index in [1.807, 2.05) is 16.5 Å². The van der Waals surface area contributed by atoms with Crippen molar-refractivity contribution in [3.05, 3.63) is 22.7 Å². The number of hydrogen-bond donors (Lipinski definition) is 1. The summed E-state index contributed by atoms with van der Waals surface area (Å²) in [6.07, 6.45) is 8.18. The Morgan fingerprint density at radius 3 is 2.78 bits per heavy atom. The number of likely N-dealkylation sites (N-methyl/N-ethyl adjacent to an activating group) is 1. The zero-order chi connectivity index (χ0) is 12.7. The van der Waals surface area contributed by atoms with E-state index in [0.717, 1.165) is 12.8 Å². The molecule has 18 heavy (non-hydrogen) atoms. The van der Waals surface area contributed by atoms with Crippen LogP contribution in [0.1, 0.15) is 31.7 Å². The van der Waals surface area contributed by atoms with E-state index in [2.05, 4.69) is 4.98 Å². The average molecular weight is 248 g/mol. The highest BCUT2D eigenvalue weighted by molar-refractivity contribution is 5.37. The molecule has 0 aromatic carbocycles. The van der Waals surface area contributed by atoms with Crippen LogP contribution in [0.5, 0.6) is 0 Å². The summed E-state index contributed by atoms with van der Waals surface area (Å²) in [5.74, 6) is 1.18. The van der Waals surface area contributed by atoms with Gasteiger partial charge in [-0.2, -0.15) is 0 Å². The molecule has 5 heteroatoms. The van der Waals surface area contributed by atoms with E-state index in [1.54, 1.807) is 12.4 Å². The highest BCUT2D eigenvalue weighted by Crippen LogP contribution is 2.36. The number of aromatic nitrogens is 2.